The predicted molar refractivity (Wildman–Crippen MR) is 83.1 cm³/mol. The van der Waals surface area contributed by atoms with Crippen molar-refractivity contribution in [1.29, 1.82) is 5.26 Å². The van der Waals surface area contributed by atoms with Gasteiger partial charge in [-0.15, -0.1) is 0 Å². The van der Waals surface area contributed by atoms with E-state index in [0.717, 1.165) is 0 Å². The van der Waals surface area contributed by atoms with E-state index in [1.807, 2.05) is 6.07 Å². The molecule has 1 aliphatic heterocycles. The van der Waals surface area contributed by atoms with Gasteiger partial charge in [0, 0.05) is 5.70 Å². The first-order valence-corrected chi connectivity index (χ1v) is 7.99. The number of hydrogen-bond acceptors (Lipinski definition) is 5. The second-order valence-corrected chi connectivity index (χ2v) is 6.13. The van der Waals surface area contributed by atoms with Crippen LogP contribution in [0.3, 0.4) is 0 Å². The van der Waals surface area contributed by atoms with E-state index in [4.69, 9.17) is 10.00 Å². The first-order chi connectivity index (χ1) is 12.3. The van der Waals surface area contributed by atoms with Crippen molar-refractivity contribution in [2.75, 3.05) is 6.61 Å². The van der Waals surface area contributed by atoms with Gasteiger partial charge in [0.2, 0.25) is 0 Å². The average Bonchev–Trinajstić information content (AvgIpc) is 2.94. The van der Waals surface area contributed by atoms with Crippen molar-refractivity contribution < 1.29 is 27.8 Å². The summed E-state index contributed by atoms with van der Waals surface area (Å²) in [6.07, 6.45) is -2.26. The Morgan fingerprint density at radius 2 is 2.12 bits per heavy atom. The maximum Gasteiger partial charge on any atom is 0.439 e. The summed E-state index contributed by atoms with van der Waals surface area (Å²) in [7, 11) is 0. The lowest BCUT2D eigenvalue weighted by molar-refractivity contribution is -0.319. The van der Waals surface area contributed by atoms with Gasteiger partial charge in [0.05, 0.1) is 17.6 Å². The molecule has 6 nitrogen and oxygen atoms in total. The number of nitrogens with zero attached hydrogens (tertiary/aromatic N) is 2. The molecule has 0 radical (unpaired) electrons. The predicted octanol–water partition coefficient (Wildman–Crippen LogP) is 2.22. The summed E-state index contributed by atoms with van der Waals surface area (Å²) >= 11 is 0. The number of hydrazine groups is 1. The highest BCUT2D eigenvalue weighted by Gasteiger charge is 2.68. The molecule has 0 aromatic heterocycles. The summed E-state index contributed by atoms with van der Waals surface area (Å²) in [6.45, 7) is -0.697. The van der Waals surface area contributed by atoms with E-state index in [1.165, 1.54) is 24.3 Å². The molecular weight excluding hydrogens is 351 g/mol. The van der Waals surface area contributed by atoms with Gasteiger partial charge in [-0.25, -0.2) is 5.01 Å². The summed E-state index contributed by atoms with van der Waals surface area (Å²) in [6, 6.07) is 7.69. The van der Waals surface area contributed by atoms with Crippen LogP contribution in [0.4, 0.5) is 13.2 Å². The summed E-state index contributed by atoms with van der Waals surface area (Å²) in [5.41, 5.74) is -0.340. The van der Waals surface area contributed by atoms with Crippen LogP contribution in [0.1, 0.15) is 24.8 Å². The second-order valence-electron chi connectivity index (χ2n) is 6.13. The van der Waals surface area contributed by atoms with E-state index in [2.05, 4.69) is 5.43 Å². The lowest BCUT2D eigenvalue weighted by Crippen LogP contribution is -2.63. The zero-order valence-electron chi connectivity index (χ0n) is 13.6. The summed E-state index contributed by atoms with van der Waals surface area (Å²) < 4.78 is 46.0. The number of rotatable bonds is 3. The standard InChI is InChI=1S/C17H16F3N3O3/c18-17(19,20)16(25)13-3-1-2-4-14(13)22-23(16)15(24)10-26-12-7-5-11(9-21)6-8-12/h4-8,13,22,25H,1-3,10H2/t13-,16-/m0/s1. The van der Waals surface area contributed by atoms with Crippen molar-refractivity contribution in [1.82, 2.24) is 10.4 Å². The van der Waals surface area contributed by atoms with Crippen LogP contribution in [0.2, 0.25) is 0 Å². The first kappa shape index (κ1) is 18.1. The van der Waals surface area contributed by atoms with Gasteiger partial charge in [0.1, 0.15) is 5.75 Å². The molecule has 1 aromatic carbocycles. The van der Waals surface area contributed by atoms with Crippen molar-refractivity contribution >= 4 is 5.91 Å². The van der Waals surface area contributed by atoms with Crippen molar-refractivity contribution in [3.8, 4) is 11.8 Å². The number of carbonyl (C=O) groups excluding carboxylic acids is 1. The lowest BCUT2D eigenvalue weighted by atomic mass is 9.84. The fraction of sp³-hybridized carbons (Fsp3) is 0.412. The average molecular weight is 367 g/mol. The Morgan fingerprint density at radius 1 is 1.42 bits per heavy atom. The topological polar surface area (TPSA) is 85.6 Å². The number of amides is 1. The highest BCUT2D eigenvalue weighted by molar-refractivity contribution is 5.79. The summed E-state index contributed by atoms with van der Waals surface area (Å²) in [5.74, 6) is -2.07. The molecule has 3 rings (SSSR count). The number of aliphatic hydroxyl groups is 1. The molecule has 1 saturated heterocycles. The number of fused-ring (bicyclic) bond motifs is 1. The molecule has 2 aliphatic rings. The molecule has 0 unspecified atom stereocenters. The van der Waals surface area contributed by atoms with Crippen molar-refractivity contribution in [3.63, 3.8) is 0 Å². The van der Waals surface area contributed by atoms with Gasteiger partial charge in [0.25, 0.3) is 11.6 Å². The number of nitrogens with one attached hydrogen (secondary N) is 1. The van der Waals surface area contributed by atoms with Gasteiger partial charge in [-0.2, -0.15) is 18.4 Å². The highest BCUT2D eigenvalue weighted by Crippen LogP contribution is 2.48. The first-order valence-electron chi connectivity index (χ1n) is 7.99. The van der Waals surface area contributed by atoms with Crippen molar-refractivity contribution in [2.24, 2.45) is 5.92 Å². The van der Waals surface area contributed by atoms with Gasteiger partial charge >= 0.3 is 6.18 Å². The van der Waals surface area contributed by atoms with Crippen LogP contribution in [-0.2, 0) is 4.79 Å². The van der Waals surface area contributed by atoms with E-state index in [1.54, 1.807) is 6.08 Å². The second kappa shape index (κ2) is 6.53. The highest BCUT2D eigenvalue weighted by atomic mass is 19.4. The maximum atomic E-state index is 13.6. The number of benzene rings is 1. The minimum Gasteiger partial charge on any atom is -0.484 e. The fourth-order valence-corrected chi connectivity index (χ4v) is 3.20. The molecule has 0 saturated carbocycles. The SMILES string of the molecule is N#Cc1ccc(OCC(=O)N2NC3=CCCC[C@@H]3[C@]2(O)C(F)(F)F)cc1. The van der Waals surface area contributed by atoms with E-state index < -0.39 is 30.3 Å². The fourth-order valence-electron chi connectivity index (χ4n) is 3.20. The summed E-state index contributed by atoms with van der Waals surface area (Å²) in [4.78, 5) is 12.3. The smallest absolute Gasteiger partial charge is 0.439 e. The van der Waals surface area contributed by atoms with Gasteiger partial charge < -0.3 is 9.84 Å². The number of ether oxygens (including phenoxy) is 1. The van der Waals surface area contributed by atoms with Crippen LogP contribution in [0.25, 0.3) is 0 Å². The zero-order valence-corrected chi connectivity index (χ0v) is 13.6. The minimum atomic E-state index is -5.03. The number of alkyl halides is 3. The molecule has 26 heavy (non-hydrogen) atoms. The van der Waals surface area contributed by atoms with Gasteiger partial charge in [0.15, 0.2) is 6.61 Å². The Hall–Kier alpha value is -2.73. The van der Waals surface area contributed by atoms with Crippen LogP contribution in [0, 0.1) is 17.2 Å². The molecule has 9 heteroatoms. The van der Waals surface area contributed by atoms with E-state index >= 15 is 0 Å². The molecule has 1 heterocycles. The molecule has 1 aromatic rings. The number of allylic oxidation sites excluding steroid dienone is 1. The zero-order chi connectivity index (χ0) is 18.9. The van der Waals surface area contributed by atoms with Crippen LogP contribution in [0.5, 0.6) is 5.75 Å². The van der Waals surface area contributed by atoms with E-state index in [0.29, 0.717) is 18.4 Å². The largest absolute Gasteiger partial charge is 0.484 e. The minimum absolute atomic E-state index is 0.120. The van der Waals surface area contributed by atoms with E-state index in [9.17, 15) is 23.1 Å². The number of halogens is 3. The molecule has 2 atom stereocenters. The van der Waals surface area contributed by atoms with Gasteiger partial charge in [-0.3, -0.25) is 10.2 Å². The molecule has 2 N–H and O–H groups in total. The molecular formula is C17H16F3N3O3. The van der Waals surface area contributed by atoms with Crippen LogP contribution >= 0.6 is 0 Å². The van der Waals surface area contributed by atoms with Crippen molar-refractivity contribution in [3.05, 3.63) is 41.6 Å². The Labute approximate surface area is 147 Å². The van der Waals surface area contributed by atoms with Gasteiger partial charge in [-0.1, -0.05) is 6.08 Å². The Kier molecular flexibility index (Phi) is 4.54. The van der Waals surface area contributed by atoms with Crippen molar-refractivity contribution in [2.45, 2.75) is 31.2 Å². The van der Waals surface area contributed by atoms with Crippen LogP contribution < -0.4 is 10.2 Å². The number of hydrogen-bond donors (Lipinski definition) is 2. The Bertz CT molecular complexity index is 770. The third-order valence-electron chi connectivity index (χ3n) is 4.52. The Balaban J connectivity index is 1.77. The number of carbonyl (C=O) groups is 1. The third kappa shape index (κ3) is 2.97. The molecule has 1 aliphatic carbocycles. The van der Waals surface area contributed by atoms with Crippen LogP contribution in [0.15, 0.2) is 36.0 Å². The molecule has 138 valence electrons. The Morgan fingerprint density at radius 3 is 2.73 bits per heavy atom. The molecule has 1 fully saturated rings. The molecule has 0 bridgehead atoms. The number of nitriles is 1. The third-order valence-corrected chi connectivity index (χ3v) is 4.52. The van der Waals surface area contributed by atoms with Gasteiger partial charge in [-0.05, 0) is 43.5 Å². The molecule has 0 spiro atoms. The maximum absolute atomic E-state index is 13.6. The molecule has 1 amide bonds. The van der Waals surface area contributed by atoms with Crippen LogP contribution in [-0.4, -0.2) is 34.5 Å². The summed E-state index contributed by atoms with van der Waals surface area (Å²) in [5, 5.41) is 19.4. The quantitative estimate of drug-likeness (QED) is 0.856. The monoisotopic (exact) mass is 367 g/mol. The normalized spacial score (nSPS) is 25.0. The lowest BCUT2D eigenvalue weighted by Gasteiger charge is -2.37. The van der Waals surface area contributed by atoms with E-state index in [-0.39, 0.29) is 22.9 Å².